The number of H-pyrrole nitrogens is 1. The van der Waals surface area contributed by atoms with Gasteiger partial charge in [-0.05, 0) is 39.2 Å². The Morgan fingerprint density at radius 3 is 1.93 bits per heavy atom. The second-order valence-corrected chi connectivity index (χ2v) is 9.75. The first kappa shape index (κ1) is 43.9. The van der Waals surface area contributed by atoms with Crippen molar-refractivity contribution in [3.8, 4) is 0 Å². The summed E-state index contributed by atoms with van der Waals surface area (Å²) in [5, 5.41) is 25.9. The van der Waals surface area contributed by atoms with E-state index in [0.29, 0.717) is 31.6 Å². The lowest BCUT2D eigenvalue weighted by Crippen LogP contribution is -2.44. The van der Waals surface area contributed by atoms with Gasteiger partial charge in [0.15, 0.2) is 5.96 Å². The molecule has 1 rings (SSSR count). The van der Waals surface area contributed by atoms with Crippen molar-refractivity contribution in [1.82, 2.24) is 9.97 Å². The zero-order valence-electron chi connectivity index (χ0n) is 25.7. The number of carbonyl (C=O) groups is 5. The number of esters is 3. The van der Waals surface area contributed by atoms with Crippen LogP contribution in [0.1, 0.15) is 44.7 Å². The highest BCUT2D eigenvalue weighted by atomic mass is 16.6. The van der Waals surface area contributed by atoms with Crippen molar-refractivity contribution in [3.63, 3.8) is 0 Å². The van der Waals surface area contributed by atoms with Gasteiger partial charge in [-0.25, -0.2) is 14.6 Å². The van der Waals surface area contributed by atoms with Gasteiger partial charge in [0, 0.05) is 24.9 Å². The predicted octanol–water partition coefficient (Wildman–Crippen LogP) is -5.09. The highest BCUT2D eigenvalue weighted by Crippen LogP contribution is 2.01. The summed E-state index contributed by atoms with van der Waals surface area (Å²) in [5.41, 5.74) is 42.9. The quantitative estimate of drug-likeness (QED) is 0.0230. The molecule has 0 amide bonds. The van der Waals surface area contributed by atoms with Crippen LogP contribution in [0.5, 0.6) is 0 Å². The summed E-state index contributed by atoms with van der Waals surface area (Å²) in [5.74, 6) is -4.83. The Kier molecular flexibility index (Phi) is 23.8. The average Bonchev–Trinajstić information content (AvgIpc) is 3.50. The number of hydrogen-bond donors (Lipinski definition) is 12. The number of rotatable bonds is 18. The number of aliphatic carboxylic acids is 2. The number of ether oxygens (including phenoxy) is 2. The number of imidazole rings is 1. The Labute approximate surface area is 265 Å². The Balaban J connectivity index is 0. The summed E-state index contributed by atoms with van der Waals surface area (Å²) in [6.45, 7) is 1.84. The number of aromatic amines is 1. The Bertz CT molecular complexity index is 1070. The maximum atomic E-state index is 11.4. The van der Waals surface area contributed by atoms with Crippen molar-refractivity contribution in [2.45, 2.75) is 81.8 Å². The lowest BCUT2D eigenvalue weighted by molar-refractivity contribution is -0.163. The van der Waals surface area contributed by atoms with Gasteiger partial charge in [0.05, 0.1) is 12.4 Å². The second-order valence-electron chi connectivity index (χ2n) is 9.75. The van der Waals surface area contributed by atoms with Gasteiger partial charge in [-0.15, -0.1) is 0 Å². The summed E-state index contributed by atoms with van der Waals surface area (Å²) in [6.07, 6.45) is 5.01. The molecule has 21 nitrogen and oxygen atoms in total. The summed E-state index contributed by atoms with van der Waals surface area (Å²) < 4.78 is 9.11. The number of aliphatic hydroxyl groups excluding tert-OH is 1. The van der Waals surface area contributed by atoms with Crippen molar-refractivity contribution < 1.29 is 48.8 Å². The van der Waals surface area contributed by atoms with Gasteiger partial charge < -0.3 is 75.6 Å². The van der Waals surface area contributed by atoms with Gasteiger partial charge in [0.1, 0.15) is 36.8 Å². The summed E-state index contributed by atoms with van der Waals surface area (Å²) >= 11 is 0. The first-order valence-electron chi connectivity index (χ1n) is 14.0. The summed E-state index contributed by atoms with van der Waals surface area (Å²) in [7, 11) is 0. The van der Waals surface area contributed by atoms with E-state index in [4.69, 9.17) is 61.2 Å². The number of nitrogens with one attached hydrogen (secondary N) is 1. The Hall–Kier alpha value is -4.25. The monoisotopic (exact) mass is 663 g/mol. The van der Waals surface area contributed by atoms with Crippen LogP contribution in [0, 0.1) is 0 Å². The van der Waals surface area contributed by atoms with Crippen LogP contribution in [0.3, 0.4) is 0 Å². The van der Waals surface area contributed by atoms with E-state index in [1.165, 1.54) is 19.4 Å². The number of unbranched alkanes of at least 4 members (excludes halogenated alkanes) is 1. The summed E-state index contributed by atoms with van der Waals surface area (Å²) in [6, 6.07) is -5.08. The van der Waals surface area contributed by atoms with Gasteiger partial charge >= 0.3 is 29.8 Å². The molecule has 0 saturated carbocycles. The first-order chi connectivity index (χ1) is 21.4. The normalized spacial score (nSPS) is 14.3. The zero-order chi connectivity index (χ0) is 35.8. The molecule has 1 aromatic rings. The van der Waals surface area contributed by atoms with Crippen LogP contribution < -0.4 is 45.9 Å². The molecule has 0 bridgehead atoms. The number of aromatic nitrogens is 2. The van der Waals surface area contributed by atoms with E-state index in [9.17, 15) is 24.0 Å². The number of nitrogens with zero attached hydrogens (tertiary/aromatic N) is 2. The smallest absolute Gasteiger partial charge is 0.333 e. The molecule has 0 radical (unpaired) electrons. The van der Waals surface area contributed by atoms with Crippen LogP contribution in [-0.2, 0) is 39.9 Å². The zero-order valence-corrected chi connectivity index (χ0v) is 25.7. The van der Waals surface area contributed by atoms with Crippen molar-refractivity contribution in [2.24, 2.45) is 50.9 Å². The number of hydrogen-bond acceptors (Lipinski definition) is 16. The van der Waals surface area contributed by atoms with Crippen molar-refractivity contribution >= 4 is 35.8 Å². The molecule has 264 valence electrons. The Morgan fingerprint density at radius 1 is 0.870 bits per heavy atom. The Morgan fingerprint density at radius 2 is 1.46 bits per heavy atom. The fourth-order valence-corrected chi connectivity index (χ4v) is 2.78. The first-order valence-corrected chi connectivity index (χ1v) is 14.0. The third-order valence-electron chi connectivity index (χ3n) is 5.57. The number of carbonyl (C=O) groups excluding carboxylic acids is 3. The molecule has 21 heteroatoms. The third-order valence-corrected chi connectivity index (χ3v) is 5.57. The summed E-state index contributed by atoms with van der Waals surface area (Å²) in [4.78, 5) is 64.9. The predicted molar refractivity (Wildman–Crippen MR) is 164 cm³/mol. The van der Waals surface area contributed by atoms with Crippen LogP contribution in [0.4, 0.5) is 0 Å². The van der Waals surface area contributed by atoms with Gasteiger partial charge in [0.2, 0.25) is 0 Å². The number of nitrogens with two attached hydrogens (primary N) is 8. The highest BCUT2D eigenvalue weighted by molar-refractivity contribution is 5.90. The van der Waals surface area contributed by atoms with Crippen LogP contribution in [-0.4, -0.2) is 117 Å². The molecule has 46 heavy (non-hydrogen) atoms. The molecule has 1 heterocycles. The molecule has 0 aliphatic rings. The molecule has 6 atom stereocenters. The lowest BCUT2D eigenvalue weighted by atomic mass is 10.1. The van der Waals surface area contributed by atoms with Crippen LogP contribution in [0.25, 0.3) is 0 Å². The number of aliphatic imine (C=N–C) groups is 1. The van der Waals surface area contributed by atoms with E-state index < -0.39 is 72.8 Å². The molecular weight excluding hydrogens is 614 g/mol. The van der Waals surface area contributed by atoms with Crippen molar-refractivity contribution in [3.05, 3.63) is 18.2 Å². The number of carboxylic acid groups (broad SMARTS) is 2. The molecule has 20 N–H and O–H groups in total. The molecule has 0 saturated heterocycles. The van der Waals surface area contributed by atoms with Crippen molar-refractivity contribution in [1.29, 1.82) is 0 Å². The van der Waals surface area contributed by atoms with Crippen LogP contribution >= 0.6 is 0 Å². The minimum atomic E-state index is -1.28. The maximum absolute atomic E-state index is 11.4. The number of guanidine groups is 1. The van der Waals surface area contributed by atoms with E-state index in [1.54, 1.807) is 0 Å². The highest BCUT2D eigenvalue weighted by Gasteiger charge is 2.25. The molecule has 0 aromatic carbocycles. The fraction of sp³-hybridized carbons (Fsp3) is 0.640. The van der Waals surface area contributed by atoms with Crippen LogP contribution in [0.2, 0.25) is 0 Å². The topological polar surface area (TPSA) is 414 Å². The van der Waals surface area contributed by atoms with E-state index in [2.05, 4.69) is 24.4 Å². The number of aliphatic hydroxyl groups is 1. The molecule has 0 spiro atoms. The average molecular weight is 664 g/mol. The van der Waals surface area contributed by atoms with E-state index in [1.807, 2.05) is 0 Å². The molecule has 1 aromatic heterocycles. The SMILES string of the molecule is C[C@@H](O)[C@H](N)C(=O)OC(=O)[C@@H](N)CCCN=C(N)N.NCCCC[C@H](N)C(=O)O.N[C@@H](COC(=O)[C@@H](N)Cc1cnc[nH]1)C(=O)O. The van der Waals surface area contributed by atoms with E-state index >= 15 is 0 Å². The van der Waals surface area contributed by atoms with Gasteiger partial charge in [-0.3, -0.25) is 19.4 Å². The lowest BCUT2D eigenvalue weighted by Gasteiger charge is -2.14. The minimum Gasteiger partial charge on any atom is -0.480 e. The van der Waals surface area contributed by atoms with Gasteiger partial charge in [0.25, 0.3) is 0 Å². The van der Waals surface area contributed by atoms with Gasteiger partial charge in [-0.1, -0.05) is 6.42 Å². The van der Waals surface area contributed by atoms with Gasteiger partial charge in [-0.2, -0.15) is 0 Å². The minimum absolute atomic E-state index is 0.0470. The second kappa shape index (κ2) is 25.0. The van der Waals surface area contributed by atoms with E-state index in [-0.39, 0.29) is 18.8 Å². The van der Waals surface area contributed by atoms with Crippen molar-refractivity contribution in [2.75, 3.05) is 19.7 Å². The molecule has 0 aliphatic carbocycles. The third kappa shape index (κ3) is 22.3. The van der Waals surface area contributed by atoms with Crippen LogP contribution in [0.15, 0.2) is 17.5 Å². The maximum Gasteiger partial charge on any atom is 0.333 e. The molecular formula is C25H49N11O10. The largest absolute Gasteiger partial charge is 0.480 e. The molecule has 0 fully saturated rings. The standard InChI is InChI=1S/C10H21N5O4.C9H14N4O4.C6H14N2O2/c1-5(16)7(12)9(18)19-8(17)6(11)3-2-4-15-10(13)14;10-6(1-5-2-12-4-13-5)9(16)17-3-7(11)8(14)15;7-4-2-1-3-5(8)6(9)10/h5-7,16H,2-4,11-12H2,1H3,(H4,13,14,15);2,4,6-7H,1,3,10-11H2,(H,12,13)(H,14,15);5H,1-4,7-8H2,(H,9,10)/t5-,6+,7+;6-,7-;5-/m100/s1. The molecule has 0 unspecified atom stereocenters. The fourth-order valence-electron chi connectivity index (χ4n) is 2.78. The molecule has 0 aliphatic heterocycles. The van der Waals surface area contributed by atoms with E-state index in [0.717, 1.165) is 12.8 Å². The number of carboxylic acids is 2.